The largest absolute Gasteiger partial charge is 0.381 e. The second-order valence-electron chi connectivity index (χ2n) is 4.51. The molecule has 2 rings (SSSR count). The molecule has 1 aromatic carbocycles. The number of rotatable bonds is 3. The molecule has 1 aliphatic rings. The van der Waals surface area contributed by atoms with Gasteiger partial charge in [0.25, 0.3) is 5.91 Å². The maximum absolute atomic E-state index is 12.1. The van der Waals surface area contributed by atoms with Gasteiger partial charge < -0.3 is 10.1 Å². The molecule has 1 aliphatic heterocycles. The third-order valence-corrected chi connectivity index (χ3v) is 4.03. The van der Waals surface area contributed by atoms with Crippen molar-refractivity contribution in [3.05, 3.63) is 33.3 Å². The van der Waals surface area contributed by atoms with Gasteiger partial charge in [0.1, 0.15) is 0 Å². The highest BCUT2D eigenvalue weighted by molar-refractivity contribution is 9.10. The number of carbonyl (C=O) groups excluding carboxylic acids is 1. The monoisotopic (exact) mass is 331 g/mol. The summed E-state index contributed by atoms with van der Waals surface area (Å²) in [4.78, 5) is 12.1. The Hall–Kier alpha value is -0.580. The topological polar surface area (TPSA) is 38.3 Å². The van der Waals surface area contributed by atoms with Gasteiger partial charge in [-0.05, 0) is 31.5 Å². The Morgan fingerprint density at radius 2 is 2.39 bits per heavy atom. The Kier molecular flexibility index (Phi) is 4.65. The van der Waals surface area contributed by atoms with E-state index in [2.05, 4.69) is 21.2 Å². The minimum atomic E-state index is -0.138. The molecule has 1 heterocycles. The zero-order chi connectivity index (χ0) is 13.1. The number of carbonyl (C=O) groups is 1. The highest BCUT2D eigenvalue weighted by atomic mass is 79.9. The van der Waals surface area contributed by atoms with Crippen molar-refractivity contribution in [3.63, 3.8) is 0 Å². The summed E-state index contributed by atoms with van der Waals surface area (Å²) in [6, 6.07) is 5.35. The molecule has 0 bridgehead atoms. The Labute approximate surface area is 120 Å². The summed E-state index contributed by atoms with van der Waals surface area (Å²) in [5, 5.41) is 3.45. The molecule has 1 aromatic rings. The molecule has 98 valence electrons. The molecule has 5 heteroatoms. The molecule has 1 fully saturated rings. The first kappa shape index (κ1) is 13.8. The van der Waals surface area contributed by atoms with Crippen LogP contribution >= 0.6 is 27.5 Å². The summed E-state index contributed by atoms with van der Waals surface area (Å²) in [6.45, 7) is 3.50. The second kappa shape index (κ2) is 6.04. The molecule has 0 spiro atoms. The fourth-order valence-electron chi connectivity index (χ4n) is 2.02. The molecule has 0 radical (unpaired) electrons. The van der Waals surface area contributed by atoms with Gasteiger partial charge in [-0.2, -0.15) is 0 Å². The fraction of sp³-hybridized carbons (Fsp3) is 0.462. The van der Waals surface area contributed by atoms with Crippen molar-refractivity contribution in [2.75, 3.05) is 13.2 Å². The number of benzene rings is 1. The summed E-state index contributed by atoms with van der Waals surface area (Å²) in [5.41, 5.74) is 0.497. The molecule has 1 N–H and O–H groups in total. The van der Waals surface area contributed by atoms with Gasteiger partial charge in [0, 0.05) is 23.0 Å². The van der Waals surface area contributed by atoms with Crippen LogP contribution < -0.4 is 5.32 Å². The van der Waals surface area contributed by atoms with Gasteiger partial charge in [0.15, 0.2) is 0 Å². The van der Waals surface area contributed by atoms with E-state index in [0.717, 1.165) is 17.5 Å². The molecule has 0 aromatic heterocycles. The van der Waals surface area contributed by atoms with E-state index in [4.69, 9.17) is 16.3 Å². The summed E-state index contributed by atoms with van der Waals surface area (Å²) in [7, 11) is 0. The molecule has 2 unspecified atom stereocenters. The van der Waals surface area contributed by atoms with Crippen LogP contribution in [0.1, 0.15) is 23.7 Å². The Morgan fingerprint density at radius 1 is 1.61 bits per heavy atom. The highest BCUT2D eigenvalue weighted by Gasteiger charge is 2.24. The Morgan fingerprint density at radius 3 is 3.06 bits per heavy atom. The molecule has 0 aliphatic carbocycles. The predicted molar refractivity (Wildman–Crippen MR) is 75.0 cm³/mol. The van der Waals surface area contributed by atoms with Crippen LogP contribution in [0.3, 0.4) is 0 Å². The van der Waals surface area contributed by atoms with Gasteiger partial charge >= 0.3 is 0 Å². The summed E-state index contributed by atoms with van der Waals surface area (Å²) in [5.74, 6) is 0.251. The number of nitrogens with one attached hydrogen (secondary N) is 1. The van der Waals surface area contributed by atoms with Gasteiger partial charge in [0.2, 0.25) is 0 Å². The standard InChI is InChI=1S/C13H15BrClNO2/c1-8(9-4-5-18-7-9)16-13(17)11-6-10(14)2-3-12(11)15/h2-3,6,8-9H,4-5,7H2,1H3,(H,16,17). The van der Waals surface area contributed by atoms with E-state index in [1.165, 1.54) is 0 Å². The van der Waals surface area contributed by atoms with Crippen LogP contribution in [0, 0.1) is 5.92 Å². The number of halogens is 2. The van der Waals surface area contributed by atoms with Crippen molar-refractivity contribution < 1.29 is 9.53 Å². The first-order chi connectivity index (χ1) is 8.58. The maximum atomic E-state index is 12.1. The minimum Gasteiger partial charge on any atom is -0.381 e. The normalized spacial score (nSPS) is 20.7. The number of ether oxygens (including phenoxy) is 1. The molecule has 18 heavy (non-hydrogen) atoms. The molecule has 0 saturated carbocycles. The molecule has 1 saturated heterocycles. The SMILES string of the molecule is CC(NC(=O)c1cc(Br)ccc1Cl)C1CCOC1. The molecule has 3 nitrogen and oxygen atoms in total. The number of hydrogen-bond donors (Lipinski definition) is 1. The lowest BCUT2D eigenvalue weighted by atomic mass is 10.0. The van der Waals surface area contributed by atoms with Crippen LogP contribution in [0.2, 0.25) is 5.02 Å². The zero-order valence-corrected chi connectivity index (χ0v) is 12.4. The molecular weight excluding hydrogens is 318 g/mol. The van der Waals surface area contributed by atoms with E-state index in [-0.39, 0.29) is 11.9 Å². The van der Waals surface area contributed by atoms with Crippen LogP contribution in [0.5, 0.6) is 0 Å². The zero-order valence-electron chi connectivity index (χ0n) is 10.1. The first-order valence-corrected chi connectivity index (χ1v) is 7.08. The predicted octanol–water partition coefficient (Wildman–Crippen LogP) is 3.26. The van der Waals surface area contributed by atoms with Crippen molar-refractivity contribution in [2.45, 2.75) is 19.4 Å². The van der Waals surface area contributed by atoms with Crippen LogP contribution in [-0.2, 0) is 4.74 Å². The maximum Gasteiger partial charge on any atom is 0.253 e. The van der Waals surface area contributed by atoms with Crippen molar-refractivity contribution in [1.82, 2.24) is 5.32 Å². The lowest BCUT2D eigenvalue weighted by molar-refractivity contribution is 0.0922. The third-order valence-electron chi connectivity index (χ3n) is 3.20. The number of amides is 1. The van der Waals surface area contributed by atoms with Crippen molar-refractivity contribution in [2.24, 2.45) is 5.92 Å². The van der Waals surface area contributed by atoms with E-state index in [9.17, 15) is 4.79 Å². The van der Waals surface area contributed by atoms with Gasteiger partial charge in [0.05, 0.1) is 17.2 Å². The van der Waals surface area contributed by atoms with Crippen molar-refractivity contribution >= 4 is 33.4 Å². The average Bonchev–Trinajstić information content (AvgIpc) is 2.85. The third kappa shape index (κ3) is 3.25. The minimum absolute atomic E-state index is 0.0926. The highest BCUT2D eigenvalue weighted by Crippen LogP contribution is 2.22. The summed E-state index contributed by atoms with van der Waals surface area (Å²) < 4.78 is 6.17. The lowest BCUT2D eigenvalue weighted by Gasteiger charge is -2.19. The summed E-state index contributed by atoms with van der Waals surface area (Å²) in [6.07, 6.45) is 0.994. The van der Waals surface area contributed by atoms with Gasteiger partial charge in [-0.1, -0.05) is 27.5 Å². The van der Waals surface area contributed by atoms with E-state index in [1.807, 2.05) is 13.0 Å². The van der Waals surface area contributed by atoms with Crippen LogP contribution in [0.25, 0.3) is 0 Å². The van der Waals surface area contributed by atoms with Crippen molar-refractivity contribution in [1.29, 1.82) is 0 Å². The van der Waals surface area contributed by atoms with Gasteiger partial charge in [-0.25, -0.2) is 0 Å². The first-order valence-electron chi connectivity index (χ1n) is 5.91. The Balaban J connectivity index is 2.04. The van der Waals surface area contributed by atoms with Crippen LogP contribution in [0.4, 0.5) is 0 Å². The van der Waals surface area contributed by atoms with Crippen LogP contribution in [-0.4, -0.2) is 25.2 Å². The second-order valence-corrected chi connectivity index (χ2v) is 5.83. The fourth-order valence-corrected chi connectivity index (χ4v) is 2.59. The van der Waals surface area contributed by atoms with Gasteiger partial charge in [-0.15, -0.1) is 0 Å². The van der Waals surface area contributed by atoms with Gasteiger partial charge in [-0.3, -0.25) is 4.79 Å². The summed E-state index contributed by atoms with van der Waals surface area (Å²) >= 11 is 9.37. The van der Waals surface area contributed by atoms with E-state index >= 15 is 0 Å². The molecule has 1 amide bonds. The Bertz CT molecular complexity index is 447. The van der Waals surface area contributed by atoms with Crippen LogP contribution in [0.15, 0.2) is 22.7 Å². The molecular formula is C13H15BrClNO2. The van der Waals surface area contributed by atoms with E-state index < -0.39 is 0 Å². The number of hydrogen-bond acceptors (Lipinski definition) is 2. The lowest BCUT2D eigenvalue weighted by Crippen LogP contribution is -2.38. The molecule has 2 atom stereocenters. The van der Waals surface area contributed by atoms with E-state index in [1.54, 1.807) is 12.1 Å². The quantitative estimate of drug-likeness (QED) is 0.922. The smallest absolute Gasteiger partial charge is 0.253 e. The van der Waals surface area contributed by atoms with Crippen molar-refractivity contribution in [3.8, 4) is 0 Å². The van der Waals surface area contributed by atoms with E-state index in [0.29, 0.717) is 23.1 Å². The average molecular weight is 333 g/mol.